The monoisotopic (exact) mass is 306 g/mol. The van der Waals surface area contributed by atoms with E-state index in [2.05, 4.69) is 0 Å². The van der Waals surface area contributed by atoms with E-state index < -0.39 is 0 Å². The van der Waals surface area contributed by atoms with Crippen LogP contribution in [0.1, 0.15) is 17.0 Å². The van der Waals surface area contributed by atoms with Gasteiger partial charge in [0.25, 0.3) is 0 Å². The molecule has 3 aromatic rings. The van der Waals surface area contributed by atoms with Gasteiger partial charge in [0.2, 0.25) is 0 Å². The maximum absolute atomic E-state index is 12.1. The molecule has 0 radical (unpaired) electrons. The standard InChI is InChI=1S/C20H18O3/c1-22-20(21)18(16-6-3-2-4-7-16)14-15-9-11-17(12-10-15)19-8-5-13-23-19/h2-13,18H,14H2,1H3. The van der Waals surface area contributed by atoms with Crippen LogP contribution in [-0.2, 0) is 16.0 Å². The number of hydrogen-bond acceptors (Lipinski definition) is 3. The van der Waals surface area contributed by atoms with Gasteiger partial charge in [0.1, 0.15) is 5.76 Å². The van der Waals surface area contributed by atoms with Gasteiger partial charge in [-0.1, -0.05) is 54.6 Å². The van der Waals surface area contributed by atoms with Gasteiger partial charge in [-0.2, -0.15) is 0 Å². The molecule has 1 unspecified atom stereocenters. The van der Waals surface area contributed by atoms with Gasteiger partial charge in [-0.15, -0.1) is 0 Å². The van der Waals surface area contributed by atoms with Crippen molar-refractivity contribution in [3.63, 3.8) is 0 Å². The zero-order valence-corrected chi connectivity index (χ0v) is 12.9. The third-order valence-corrected chi connectivity index (χ3v) is 3.89. The van der Waals surface area contributed by atoms with Gasteiger partial charge in [-0.25, -0.2) is 0 Å². The Labute approximate surface area is 135 Å². The van der Waals surface area contributed by atoms with Crippen LogP contribution in [-0.4, -0.2) is 13.1 Å². The Kier molecular flexibility index (Phi) is 4.57. The van der Waals surface area contributed by atoms with Crippen LogP contribution in [0.4, 0.5) is 0 Å². The fraction of sp³-hybridized carbons (Fsp3) is 0.150. The minimum absolute atomic E-state index is 0.216. The van der Waals surface area contributed by atoms with Crippen molar-refractivity contribution in [2.24, 2.45) is 0 Å². The fourth-order valence-corrected chi connectivity index (χ4v) is 2.65. The van der Waals surface area contributed by atoms with Crippen LogP contribution < -0.4 is 0 Å². The van der Waals surface area contributed by atoms with Gasteiger partial charge < -0.3 is 9.15 Å². The Balaban J connectivity index is 1.81. The lowest BCUT2D eigenvalue weighted by Gasteiger charge is -2.15. The smallest absolute Gasteiger partial charge is 0.313 e. The Morgan fingerprint density at radius 3 is 2.35 bits per heavy atom. The summed E-state index contributed by atoms with van der Waals surface area (Å²) in [5, 5.41) is 0. The minimum atomic E-state index is -0.296. The summed E-state index contributed by atoms with van der Waals surface area (Å²) in [6.45, 7) is 0. The van der Waals surface area contributed by atoms with Crippen molar-refractivity contribution < 1.29 is 13.9 Å². The van der Waals surface area contributed by atoms with E-state index in [4.69, 9.17) is 9.15 Å². The molecule has 0 aliphatic heterocycles. The fourth-order valence-electron chi connectivity index (χ4n) is 2.65. The predicted molar refractivity (Wildman–Crippen MR) is 89.0 cm³/mol. The van der Waals surface area contributed by atoms with Crippen molar-refractivity contribution in [1.29, 1.82) is 0 Å². The SMILES string of the molecule is COC(=O)C(Cc1ccc(-c2ccco2)cc1)c1ccccc1. The molecule has 3 rings (SSSR count). The molecule has 0 amide bonds. The van der Waals surface area contributed by atoms with E-state index in [0.29, 0.717) is 6.42 Å². The number of methoxy groups -OCH3 is 1. The van der Waals surface area contributed by atoms with Gasteiger partial charge >= 0.3 is 5.97 Å². The summed E-state index contributed by atoms with van der Waals surface area (Å²) < 4.78 is 10.4. The molecule has 0 aliphatic carbocycles. The van der Waals surface area contributed by atoms with E-state index in [9.17, 15) is 4.79 Å². The molecule has 1 aromatic heterocycles. The van der Waals surface area contributed by atoms with Crippen LogP contribution in [0.2, 0.25) is 0 Å². The first-order valence-electron chi connectivity index (χ1n) is 7.53. The van der Waals surface area contributed by atoms with Gasteiger partial charge in [0.15, 0.2) is 0 Å². The Hall–Kier alpha value is -2.81. The predicted octanol–water partition coefficient (Wildman–Crippen LogP) is 4.45. The van der Waals surface area contributed by atoms with E-state index >= 15 is 0 Å². The number of benzene rings is 2. The molecule has 23 heavy (non-hydrogen) atoms. The molecule has 0 aliphatic rings. The van der Waals surface area contributed by atoms with Crippen molar-refractivity contribution in [3.05, 3.63) is 84.1 Å². The van der Waals surface area contributed by atoms with Gasteiger partial charge in [-0.3, -0.25) is 4.79 Å². The molecule has 0 fully saturated rings. The number of esters is 1. The second kappa shape index (κ2) is 6.97. The van der Waals surface area contributed by atoms with E-state index in [-0.39, 0.29) is 11.9 Å². The third-order valence-electron chi connectivity index (χ3n) is 3.89. The summed E-state index contributed by atoms with van der Waals surface area (Å²) in [4.78, 5) is 12.1. The molecule has 0 saturated heterocycles. The van der Waals surface area contributed by atoms with Crippen LogP contribution in [0.3, 0.4) is 0 Å². The average molecular weight is 306 g/mol. The summed E-state index contributed by atoms with van der Waals surface area (Å²) in [6, 6.07) is 21.6. The number of furan rings is 1. The Morgan fingerprint density at radius 2 is 1.74 bits per heavy atom. The maximum Gasteiger partial charge on any atom is 0.313 e. The van der Waals surface area contributed by atoms with Crippen LogP contribution in [0.25, 0.3) is 11.3 Å². The molecule has 116 valence electrons. The lowest BCUT2D eigenvalue weighted by Crippen LogP contribution is -2.16. The molecule has 0 saturated carbocycles. The number of ether oxygens (including phenoxy) is 1. The highest BCUT2D eigenvalue weighted by atomic mass is 16.5. The number of hydrogen-bond donors (Lipinski definition) is 0. The highest BCUT2D eigenvalue weighted by molar-refractivity contribution is 5.78. The zero-order chi connectivity index (χ0) is 16.1. The molecule has 3 heteroatoms. The molecule has 0 spiro atoms. The first-order chi connectivity index (χ1) is 11.3. The van der Waals surface area contributed by atoms with Gasteiger partial charge in [0, 0.05) is 5.56 Å². The second-order valence-corrected chi connectivity index (χ2v) is 5.36. The van der Waals surface area contributed by atoms with Gasteiger partial charge in [0.05, 0.1) is 19.3 Å². The largest absolute Gasteiger partial charge is 0.469 e. The van der Waals surface area contributed by atoms with Crippen molar-refractivity contribution in [2.45, 2.75) is 12.3 Å². The summed E-state index contributed by atoms with van der Waals surface area (Å²) >= 11 is 0. The Bertz CT molecular complexity index is 743. The number of rotatable bonds is 5. The minimum Gasteiger partial charge on any atom is -0.469 e. The molecule has 1 atom stereocenters. The summed E-state index contributed by atoms with van der Waals surface area (Å²) in [5.74, 6) is 0.325. The van der Waals surface area contributed by atoms with E-state index in [1.54, 1.807) is 6.26 Å². The van der Waals surface area contributed by atoms with Crippen LogP contribution in [0, 0.1) is 0 Å². The lowest BCUT2D eigenvalue weighted by atomic mass is 9.91. The topological polar surface area (TPSA) is 39.4 Å². The zero-order valence-electron chi connectivity index (χ0n) is 12.9. The number of carbonyl (C=O) groups is 1. The van der Waals surface area contributed by atoms with Crippen molar-refractivity contribution in [1.82, 2.24) is 0 Å². The average Bonchev–Trinajstić information content (AvgIpc) is 3.15. The molecular weight excluding hydrogens is 288 g/mol. The van der Waals surface area contributed by atoms with E-state index in [1.807, 2.05) is 66.7 Å². The van der Waals surface area contributed by atoms with Crippen molar-refractivity contribution in [3.8, 4) is 11.3 Å². The highest BCUT2D eigenvalue weighted by Gasteiger charge is 2.21. The Morgan fingerprint density at radius 1 is 1.00 bits per heavy atom. The second-order valence-electron chi connectivity index (χ2n) is 5.36. The molecule has 3 nitrogen and oxygen atoms in total. The third kappa shape index (κ3) is 3.51. The summed E-state index contributed by atoms with van der Waals surface area (Å²) in [5.41, 5.74) is 3.07. The first kappa shape index (κ1) is 15.1. The van der Waals surface area contributed by atoms with Crippen LogP contribution >= 0.6 is 0 Å². The van der Waals surface area contributed by atoms with E-state index in [0.717, 1.165) is 22.5 Å². The first-order valence-corrected chi connectivity index (χ1v) is 7.53. The van der Waals surface area contributed by atoms with Crippen molar-refractivity contribution in [2.75, 3.05) is 7.11 Å². The van der Waals surface area contributed by atoms with E-state index in [1.165, 1.54) is 7.11 Å². The van der Waals surface area contributed by atoms with Gasteiger partial charge in [-0.05, 0) is 29.7 Å². The molecule has 2 aromatic carbocycles. The quantitative estimate of drug-likeness (QED) is 0.654. The molecule has 0 bridgehead atoms. The molecule has 1 heterocycles. The number of carbonyl (C=O) groups excluding carboxylic acids is 1. The normalized spacial score (nSPS) is 11.9. The summed E-state index contributed by atoms with van der Waals surface area (Å²) in [7, 11) is 1.43. The summed E-state index contributed by atoms with van der Waals surface area (Å²) in [6.07, 6.45) is 2.26. The van der Waals surface area contributed by atoms with Crippen LogP contribution in [0.5, 0.6) is 0 Å². The lowest BCUT2D eigenvalue weighted by molar-refractivity contribution is -0.142. The molecular formula is C20H18O3. The maximum atomic E-state index is 12.1. The molecule has 0 N–H and O–H groups in total. The van der Waals surface area contributed by atoms with Crippen molar-refractivity contribution >= 4 is 5.97 Å². The highest BCUT2D eigenvalue weighted by Crippen LogP contribution is 2.25. The van der Waals surface area contributed by atoms with Crippen LogP contribution in [0.15, 0.2) is 77.4 Å².